The third-order valence-corrected chi connectivity index (χ3v) is 8.32. The summed E-state index contributed by atoms with van der Waals surface area (Å²) in [6, 6.07) is 5.46. The zero-order valence-electron chi connectivity index (χ0n) is 21.3. The molecule has 4 N–H and O–H groups in total. The minimum absolute atomic E-state index is 0.193. The number of nitrogens with one attached hydrogen (secondary N) is 4. The molecule has 3 fully saturated rings. The van der Waals surface area contributed by atoms with Crippen LogP contribution in [0.15, 0.2) is 30.3 Å². The Labute approximate surface area is 228 Å². The maximum absolute atomic E-state index is 13.3. The van der Waals surface area contributed by atoms with E-state index in [2.05, 4.69) is 24.8 Å². The monoisotopic (exact) mass is 589 g/mol. The second kappa shape index (κ2) is 11.7. The van der Waals surface area contributed by atoms with Crippen LogP contribution in [-0.2, 0) is 34.1 Å². The van der Waals surface area contributed by atoms with Gasteiger partial charge in [0.2, 0.25) is 17.7 Å². The Morgan fingerprint density at radius 3 is 2.48 bits per heavy atom. The summed E-state index contributed by atoms with van der Waals surface area (Å²) in [6.07, 6.45) is -3.22. The van der Waals surface area contributed by atoms with E-state index < -0.39 is 65.3 Å². The summed E-state index contributed by atoms with van der Waals surface area (Å²) >= 11 is 0. The minimum atomic E-state index is -5.06. The van der Waals surface area contributed by atoms with Crippen molar-refractivity contribution in [1.82, 2.24) is 20.3 Å². The molecule has 3 aliphatic rings. The van der Waals surface area contributed by atoms with Gasteiger partial charge in [-0.1, -0.05) is 18.2 Å². The van der Waals surface area contributed by atoms with E-state index in [-0.39, 0.29) is 36.4 Å². The average Bonchev–Trinajstić information content (AvgIpc) is 3.34. The Bertz CT molecular complexity index is 1240. The molecule has 0 bridgehead atoms. The molecular weight excluding hydrogens is 559 g/mol. The van der Waals surface area contributed by atoms with Crippen LogP contribution in [0.3, 0.4) is 0 Å². The number of nitrogens with zero attached hydrogens (tertiary/aromatic N) is 1. The quantitative estimate of drug-likeness (QED) is 0.275. The van der Waals surface area contributed by atoms with Gasteiger partial charge in [-0.3, -0.25) is 28.6 Å². The molecule has 2 heterocycles. The number of para-hydroxylation sites is 1. The third-order valence-electron chi connectivity index (χ3n) is 7.29. The Morgan fingerprint density at radius 1 is 1.18 bits per heavy atom. The molecule has 3 atom stereocenters. The van der Waals surface area contributed by atoms with Crippen molar-refractivity contribution in [2.75, 3.05) is 31.0 Å². The van der Waals surface area contributed by atoms with Crippen molar-refractivity contribution in [3.8, 4) is 0 Å². The highest BCUT2D eigenvalue weighted by Gasteiger charge is 2.55. The van der Waals surface area contributed by atoms with Crippen molar-refractivity contribution in [1.29, 1.82) is 0 Å². The predicted octanol–water partition coefficient (Wildman–Crippen LogP) is 0.431. The van der Waals surface area contributed by atoms with Crippen LogP contribution in [0.4, 0.5) is 18.9 Å². The summed E-state index contributed by atoms with van der Waals surface area (Å²) in [5.74, 6) is -3.59. The first-order chi connectivity index (χ1) is 18.8. The number of alkyl halides is 3. The van der Waals surface area contributed by atoms with Crippen LogP contribution in [0.5, 0.6) is 0 Å². The van der Waals surface area contributed by atoms with Crippen LogP contribution in [-0.4, -0.2) is 81.5 Å². The number of hydrogen-bond acceptors (Lipinski definition) is 7. The highest BCUT2D eigenvalue weighted by atomic mass is 32.2. The molecule has 12 nitrogen and oxygen atoms in total. The standard InChI is InChI=1S/C24H30F3N5O7S/c25-24(26,27)39-13-19(33)17(10-15-6-9-28-21(15)35)30-22(36)18-11-23(7-8-23)14-32(18)20(34)12-29-40(37,38)31-16-4-2-1-3-5-16/h1-5,15,17-18,29,31H,6-14H2,(H,28,35)(H,30,36)/t15-,17?,18-/m0/s1. The largest absolute Gasteiger partial charge is 0.522 e. The van der Waals surface area contributed by atoms with E-state index in [0.717, 1.165) is 12.8 Å². The molecule has 0 radical (unpaired) electrons. The normalized spacial score (nSPS) is 22.6. The van der Waals surface area contributed by atoms with Gasteiger partial charge in [0.15, 0.2) is 5.78 Å². The summed E-state index contributed by atoms with van der Waals surface area (Å²) in [5, 5.41) is 5.01. The summed E-state index contributed by atoms with van der Waals surface area (Å²) in [5.41, 5.74) is -0.0396. The minimum Gasteiger partial charge on any atom is -0.356 e. The fourth-order valence-corrected chi connectivity index (χ4v) is 5.83. The highest BCUT2D eigenvalue weighted by molar-refractivity contribution is 7.90. The SMILES string of the molecule is O=C(COC(F)(F)F)C(C[C@@H]1CCNC1=O)NC(=O)[C@@H]1CC2(CC2)CN1C(=O)CNS(=O)(=O)Nc1ccccc1. The fraction of sp³-hybridized carbons (Fsp3) is 0.583. The molecule has 1 spiro atoms. The predicted molar refractivity (Wildman–Crippen MR) is 133 cm³/mol. The summed E-state index contributed by atoms with van der Waals surface area (Å²) in [7, 11) is -4.11. The van der Waals surface area contributed by atoms with Gasteiger partial charge in [0, 0.05) is 24.7 Å². The molecule has 4 rings (SSSR count). The third kappa shape index (κ3) is 7.91. The second-order valence-corrected chi connectivity index (χ2v) is 11.8. The van der Waals surface area contributed by atoms with Gasteiger partial charge < -0.3 is 15.5 Å². The number of carbonyl (C=O) groups is 4. The lowest BCUT2D eigenvalue weighted by Gasteiger charge is -2.27. The molecule has 16 heteroatoms. The van der Waals surface area contributed by atoms with E-state index in [9.17, 15) is 40.8 Å². The van der Waals surface area contributed by atoms with Crippen LogP contribution in [0.25, 0.3) is 0 Å². The number of rotatable bonds is 12. The maximum Gasteiger partial charge on any atom is 0.522 e. The van der Waals surface area contributed by atoms with Gasteiger partial charge in [-0.25, -0.2) is 0 Å². The fourth-order valence-electron chi connectivity index (χ4n) is 4.99. The number of amides is 3. The van der Waals surface area contributed by atoms with Crippen molar-refractivity contribution in [3.05, 3.63) is 30.3 Å². The molecule has 1 unspecified atom stereocenters. The molecule has 1 saturated carbocycles. The number of ether oxygens (including phenoxy) is 1. The van der Waals surface area contributed by atoms with Gasteiger partial charge in [-0.15, -0.1) is 13.2 Å². The van der Waals surface area contributed by atoms with Crippen LogP contribution >= 0.6 is 0 Å². The van der Waals surface area contributed by atoms with Gasteiger partial charge >= 0.3 is 6.36 Å². The molecule has 220 valence electrons. The van der Waals surface area contributed by atoms with Gasteiger partial charge in [0.25, 0.3) is 10.2 Å². The van der Waals surface area contributed by atoms with E-state index in [0.29, 0.717) is 13.0 Å². The number of halogens is 3. The lowest BCUT2D eigenvalue weighted by atomic mass is 9.95. The van der Waals surface area contributed by atoms with Crippen LogP contribution < -0.4 is 20.1 Å². The van der Waals surface area contributed by atoms with Crippen molar-refractivity contribution in [2.45, 2.75) is 50.6 Å². The number of benzene rings is 1. The van der Waals surface area contributed by atoms with Crippen molar-refractivity contribution >= 4 is 39.4 Å². The second-order valence-electron chi connectivity index (χ2n) is 10.3. The topological polar surface area (TPSA) is 163 Å². The van der Waals surface area contributed by atoms with Gasteiger partial charge in [-0.05, 0) is 49.7 Å². The van der Waals surface area contributed by atoms with E-state index in [1.165, 1.54) is 17.0 Å². The van der Waals surface area contributed by atoms with E-state index in [4.69, 9.17) is 0 Å². The molecule has 0 aromatic heterocycles. The molecule has 3 amide bonds. The first kappa shape index (κ1) is 29.7. The van der Waals surface area contributed by atoms with Gasteiger partial charge in [0.05, 0.1) is 12.6 Å². The molecule has 1 aromatic carbocycles. The van der Waals surface area contributed by atoms with Crippen molar-refractivity contribution < 1.29 is 45.5 Å². The van der Waals surface area contributed by atoms with Crippen LogP contribution in [0.1, 0.15) is 32.1 Å². The van der Waals surface area contributed by atoms with Crippen molar-refractivity contribution in [2.24, 2.45) is 11.3 Å². The molecule has 2 saturated heterocycles. The molecule has 2 aliphatic heterocycles. The number of hydrogen-bond donors (Lipinski definition) is 4. The van der Waals surface area contributed by atoms with Crippen LogP contribution in [0.2, 0.25) is 0 Å². The smallest absolute Gasteiger partial charge is 0.356 e. The van der Waals surface area contributed by atoms with Crippen molar-refractivity contribution in [3.63, 3.8) is 0 Å². The highest BCUT2D eigenvalue weighted by Crippen LogP contribution is 2.54. The number of anilines is 1. The molecule has 1 aromatic rings. The zero-order chi connectivity index (χ0) is 29.1. The molecule has 40 heavy (non-hydrogen) atoms. The van der Waals surface area contributed by atoms with E-state index in [1.54, 1.807) is 18.2 Å². The Kier molecular flexibility index (Phi) is 8.70. The summed E-state index contributed by atoms with van der Waals surface area (Å²) in [4.78, 5) is 52.2. The van der Waals surface area contributed by atoms with Crippen LogP contribution in [0, 0.1) is 11.3 Å². The molecule has 1 aliphatic carbocycles. The first-order valence-corrected chi connectivity index (χ1v) is 14.2. The Morgan fingerprint density at radius 2 is 1.88 bits per heavy atom. The Hall–Kier alpha value is -3.24. The van der Waals surface area contributed by atoms with Gasteiger partial charge in [-0.2, -0.15) is 13.1 Å². The maximum atomic E-state index is 13.3. The average molecular weight is 590 g/mol. The first-order valence-electron chi connectivity index (χ1n) is 12.7. The zero-order valence-corrected chi connectivity index (χ0v) is 22.1. The van der Waals surface area contributed by atoms with E-state index >= 15 is 0 Å². The summed E-state index contributed by atoms with van der Waals surface area (Å²) < 4.78 is 70.5. The van der Waals surface area contributed by atoms with E-state index in [1.807, 2.05) is 0 Å². The van der Waals surface area contributed by atoms with Gasteiger partial charge in [0.1, 0.15) is 12.6 Å². The molecular formula is C24H30F3N5O7S. The number of ketones is 1. The summed E-state index contributed by atoms with van der Waals surface area (Å²) in [6.45, 7) is -1.47. The number of carbonyl (C=O) groups excluding carboxylic acids is 4. The number of likely N-dealkylation sites (tertiary alicyclic amines) is 1. The lowest BCUT2D eigenvalue weighted by molar-refractivity contribution is -0.321. The lowest BCUT2D eigenvalue weighted by Crippen LogP contribution is -2.53. The Balaban J connectivity index is 1.42. The number of Topliss-reactive ketones (excluding diaryl/α,β-unsaturated/α-hetero) is 1.